The standard InChI is InChI=1S/C14H27N3O2/c1-3-14(2)6-8-17(9-7-14)10-11-4-5-12(19-11)13(18)16-15/h11-12H,3-10,15H2,1-2H3,(H,16,18). The van der Waals surface area contributed by atoms with Crippen LogP contribution in [0.25, 0.3) is 0 Å². The molecule has 2 saturated heterocycles. The monoisotopic (exact) mass is 269 g/mol. The Morgan fingerprint density at radius 1 is 1.42 bits per heavy atom. The number of hydrogen-bond acceptors (Lipinski definition) is 4. The van der Waals surface area contributed by atoms with Gasteiger partial charge in [0.25, 0.3) is 5.91 Å². The van der Waals surface area contributed by atoms with Crippen LogP contribution in [0, 0.1) is 5.41 Å². The van der Waals surface area contributed by atoms with Crippen LogP contribution in [0.3, 0.4) is 0 Å². The number of likely N-dealkylation sites (tertiary alicyclic amines) is 1. The number of piperidine rings is 1. The maximum absolute atomic E-state index is 11.4. The molecule has 0 radical (unpaired) electrons. The van der Waals surface area contributed by atoms with E-state index in [9.17, 15) is 4.79 Å². The molecule has 110 valence electrons. The minimum Gasteiger partial charge on any atom is -0.364 e. The number of carbonyl (C=O) groups excluding carboxylic acids is 1. The third-order valence-corrected chi connectivity index (χ3v) is 4.92. The fraction of sp³-hybridized carbons (Fsp3) is 0.929. The van der Waals surface area contributed by atoms with Crippen molar-refractivity contribution < 1.29 is 9.53 Å². The molecular weight excluding hydrogens is 242 g/mol. The van der Waals surface area contributed by atoms with Gasteiger partial charge in [0.15, 0.2) is 0 Å². The summed E-state index contributed by atoms with van der Waals surface area (Å²) >= 11 is 0. The van der Waals surface area contributed by atoms with Crippen LogP contribution in [0.4, 0.5) is 0 Å². The van der Waals surface area contributed by atoms with E-state index in [2.05, 4.69) is 24.2 Å². The second-order valence-corrected chi connectivity index (χ2v) is 6.30. The van der Waals surface area contributed by atoms with E-state index in [0.717, 1.165) is 32.5 Å². The quantitative estimate of drug-likeness (QED) is 0.454. The fourth-order valence-corrected chi connectivity index (χ4v) is 3.04. The first-order chi connectivity index (χ1) is 9.06. The average molecular weight is 269 g/mol. The van der Waals surface area contributed by atoms with Crippen LogP contribution in [0.15, 0.2) is 0 Å². The molecule has 1 amide bonds. The topological polar surface area (TPSA) is 67.6 Å². The molecule has 2 heterocycles. The predicted molar refractivity (Wildman–Crippen MR) is 74.3 cm³/mol. The lowest BCUT2D eigenvalue weighted by molar-refractivity contribution is -0.132. The molecule has 2 atom stereocenters. The highest BCUT2D eigenvalue weighted by Crippen LogP contribution is 2.34. The molecule has 5 nitrogen and oxygen atoms in total. The molecule has 5 heteroatoms. The summed E-state index contributed by atoms with van der Waals surface area (Å²) in [5.74, 6) is 4.94. The van der Waals surface area contributed by atoms with E-state index in [-0.39, 0.29) is 18.1 Å². The zero-order valence-corrected chi connectivity index (χ0v) is 12.2. The van der Waals surface area contributed by atoms with Crippen molar-refractivity contribution in [3.63, 3.8) is 0 Å². The SMILES string of the molecule is CCC1(C)CCN(CC2CCC(C(=O)NN)O2)CC1. The van der Waals surface area contributed by atoms with Crippen LogP contribution >= 0.6 is 0 Å². The Balaban J connectivity index is 1.74. The Bertz CT molecular complexity index is 314. The molecule has 2 aliphatic heterocycles. The normalized spacial score (nSPS) is 31.3. The van der Waals surface area contributed by atoms with Gasteiger partial charge in [0.2, 0.25) is 0 Å². The van der Waals surface area contributed by atoms with E-state index < -0.39 is 0 Å². The Morgan fingerprint density at radius 2 is 2.11 bits per heavy atom. The van der Waals surface area contributed by atoms with Gasteiger partial charge in [0, 0.05) is 6.54 Å². The Labute approximate surface area is 115 Å². The maximum Gasteiger partial charge on any atom is 0.263 e. The van der Waals surface area contributed by atoms with Crippen molar-refractivity contribution in [2.24, 2.45) is 11.3 Å². The minimum absolute atomic E-state index is 0.188. The summed E-state index contributed by atoms with van der Waals surface area (Å²) in [4.78, 5) is 13.9. The van der Waals surface area contributed by atoms with Crippen molar-refractivity contribution in [1.82, 2.24) is 10.3 Å². The van der Waals surface area contributed by atoms with Gasteiger partial charge >= 0.3 is 0 Å². The highest BCUT2D eigenvalue weighted by Gasteiger charge is 2.33. The van der Waals surface area contributed by atoms with Crippen LogP contribution in [0.2, 0.25) is 0 Å². The van der Waals surface area contributed by atoms with Gasteiger partial charge in [-0.1, -0.05) is 20.3 Å². The Morgan fingerprint density at radius 3 is 2.68 bits per heavy atom. The summed E-state index contributed by atoms with van der Waals surface area (Å²) < 4.78 is 5.76. The van der Waals surface area contributed by atoms with Gasteiger partial charge in [-0.15, -0.1) is 0 Å². The van der Waals surface area contributed by atoms with E-state index >= 15 is 0 Å². The second-order valence-electron chi connectivity index (χ2n) is 6.30. The van der Waals surface area contributed by atoms with Crippen LogP contribution in [0.1, 0.15) is 46.0 Å². The van der Waals surface area contributed by atoms with Crippen LogP contribution in [0.5, 0.6) is 0 Å². The largest absolute Gasteiger partial charge is 0.364 e. The number of ether oxygens (including phenoxy) is 1. The van der Waals surface area contributed by atoms with E-state index in [1.165, 1.54) is 19.3 Å². The van der Waals surface area contributed by atoms with E-state index in [4.69, 9.17) is 10.6 Å². The Hall–Kier alpha value is -0.650. The second kappa shape index (κ2) is 6.20. The number of hydrazine groups is 1. The predicted octanol–water partition coefficient (Wildman–Crippen LogP) is 1.04. The lowest BCUT2D eigenvalue weighted by atomic mass is 9.78. The first-order valence-electron chi connectivity index (χ1n) is 7.44. The lowest BCUT2D eigenvalue weighted by Gasteiger charge is -2.39. The highest BCUT2D eigenvalue weighted by atomic mass is 16.5. The lowest BCUT2D eigenvalue weighted by Crippen LogP contribution is -2.43. The first-order valence-corrected chi connectivity index (χ1v) is 7.44. The van der Waals surface area contributed by atoms with E-state index in [1.54, 1.807) is 0 Å². The van der Waals surface area contributed by atoms with Gasteiger partial charge in [-0.3, -0.25) is 10.2 Å². The van der Waals surface area contributed by atoms with Crippen molar-refractivity contribution in [2.45, 2.75) is 58.2 Å². The third kappa shape index (κ3) is 3.68. The summed E-state index contributed by atoms with van der Waals surface area (Å²) in [6.45, 7) is 7.92. The van der Waals surface area contributed by atoms with Gasteiger partial charge in [-0.05, 0) is 44.2 Å². The first kappa shape index (κ1) is 14.8. The fourth-order valence-electron chi connectivity index (χ4n) is 3.04. The van der Waals surface area contributed by atoms with Crippen molar-refractivity contribution in [2.75, 3.05) is 19.6 Å². The summed E-state index contributed by atoms with van der Waals surface area (Å²) in [5.41, 5.74) is 2.69. The minimum atomic E-state index is -0.347. The zero-order chi connectivity index (χ0) is 13.9. The van der Waals surface area contributed by atoms with Crippen molar-refractivity contribution in [3.05, 3.63) is 0 Å². The molecule has 0 aromatic heterocycles. The molecule has 0 bridgehead atoms. The van der Waals surface area contributed by atoms with Gasteiger partial charge in [0.05, 0.1) is 6.10 Å². The number of rotatable bonds is 4. The number of nitrogens with two attached hydrogens (primary N) is 1. The molecule has 0 saturated carbocycles. The van der Waals surface area contributed by atoms with Crippen LogP contribution in [-0.2, 0) is 9.53 Å². The van der Waals surface area contributed by atoms with E-state index in [1.807, 2.05) is 0 Å². The number of amides is 1. The molecule has 2 rings (SSSR count). The molecule has 2 fully saturated rings. The molecule has 3 N–H and O–H groups in total. The smallest absolute Gasteiger partial charge is 0.263 e. The molecule has 19 heavy (non-hydrogen) atoms. The summed E-state index contributed by atoms with van der Waals surface area (Å²) in [5, 5.41) is 0. The van der Waals surface area contributed by atoms with Gasteiger partial charge in [0.1, 0.15) is 6.10 Å². The number of hydrogen-bond donors (Lipinski definition) is 2. The highest BCUT2D eigenvalue weighted by molar-refractivity contribution is 5.80. The van der Waals surface area contributed by atoms with Gasteiger partial charge < -0.3 is 9.64 Å². The van der Waals surface area contributed by atoms with Crippen molar-refractivity contribution >= 4 is 5.91 Å². The third-order valence-electron chi connectivity index (χ3n) is 4.92. The van der Waals surface area contributed by atoms with Gasteiger partial charge in [-0.2, -0.15) is 0 Å². The van der Waals surface area contributed by atoms with Crippen molar-refractivity contribution in [3.8, 4) is 0 Å². The van der Waals surface area contributed by atoms with Crippen molar-refractivity contribution in [1.29, 1.82) is 0 Å². The average Bonchev–Trinajstić information content (AvgIpc) is 2.89. The molecule has 2 unspecified atom stereocenters. The van der Waals surface area contributed by atoms with Gasteiger partial charge in [-0.25, -0.2) is 5.84 Å². The molecular formula is C14H27N3O2. The van der Waals surface area contributed by atoms with E-state index in [0.29, 0.717) is 5.41 Å². The maximum atomic E-state index is 11.4. The molecule has 0 aromatic carbocycles. The number of nitrogens with one attached hydrogen (secondary N) is 1. The number of nitrogens with zero attached hydrogens (tertiary/aromatic N) is 1. The molecule has 0 spiro atoms. The Kier molecular flexibility index (Phi) is 4.81. The number of carbonyl (C=O) groups is 1. The summed E-state index contributed by atoms with van der Waals surface area (Å²) in [6, 6.07) is 0. The molecule has 0 aromatic rings. The zero-order valence-electron chi connectivity index (χ0n) is 12.2. The molecule has 2 aliphatic rings. The summed E-state index contributed by atoms with van der Waals surface area (Å²) in [7, 11) is 0. The molecule has 0 aliphatic carbocycles. The van der Waals surface area contributed by atoms with Crippen LogP contribution < -0.4 is 11.3 Å². The summed E-state index contributed by atoms with van der Waals surface area (Å²) in [6.07, 6.45) is 5.38. The van der Waals surface area contributed by atoms with Crippen LogP contribution in [-0.4, -0.2) is 42.6 Å².